The van der Waals surface area contributed by atoms with Crippen LogP contribution in [0, 0.1) is 6.92 Å². The fourth-order valence-electron chi connectivity index (χ4n) is 3.44. The van der Waals surface area contributed by atoms with Crippen LogP contribution < -0.4 is 5.32 Å². The molecule has 10 heteroatoms. The van der Waals surface area contributed by atoms with Crippen LogP contribution >= 0.6 is 48.6 Å². The summed E-state index contributed by atoms with van der Waals surface area (Å²) in [5, 5.41) is 6.54. The molecule has 2 fully saturated rings. The first-order valence-electron chi connectivity index (χ1n) is 8.31. The zero-order chi connectivity index (χ0) is 16.3. The van der Waals surface area contributed by atoms with Gasteiger partial charge in [0.05, 0.1) is 10.7 Å². The van der Waals surface area contributed by atoms with E-state index in [-0.39, 0.29) is 43.1 Å². The lowest BCUT2D eigenvalue weighted by molar-refractivity contribution is -0.160. The van der Waals surface area contributed by atoms with E-state index in [1.807, 2.05) is 11.8 Å². The third kappa shape index (κ3) is 5.92. The molecule has 1 aromatic rings. The van der Waals surface area contributed by atoms with Crippen LogP contribution in [-0.2, 0) is 16.1 Å². The molecule has 0 aromatic carbocycles. The van der Waals surface area contributed by atoms with E-state index in [1.54, 1.807) is 18.4 Å². The molecule has 152 valence electrons. The van der Waals surface area contributed by atoms with Crippen LogP contribution in [0.3, 0.4) is 0 Å². The normalized spacial score (nSPS) is 19.7. The summed E-state index contributed by atoms with van der Waals surface area (Å²) in [6, 6.07) is 0. The molecule has 1 N–H and O–H groups in total. The predicted molar refractivity (Wildman–Crippen MR) is 112 cm³/mol. The molecule has 0 radical (unpaired) electrons. The number of carbonyl (C=O) groups excluding carboxylic acids is 1. The highest BCUT2D eigenvalue weighted by atomic mass is 35.5. The largest absolute Gasteiger partial charge is 0.368 e. The number of rotatable bonds is 4. The molecule has 6 nitrogen and oxygen atoms in total. The van der Waals surface area contributed by atoms with E-state index in [4.69, 9.17) is 4.74 Å². The van der Waals surface area contributed by atoms with Gasteiger partial charge in [-0.05, 0) is 32.9 Å². The van der Waals surface area contributed by atoms with Crippen LogP contribution in [0.2, 0.25) is 0 Å². The number of thiazole rings is 1. The van der Waals surface area contributed by atoms with Crippen molar-refractivity contribution in [1.29, 1.82) is 0 Å². The summed E-state index contributed by atoms with van der Waals surface area (Å²) in [6.07, 6.45) is 1.53. The minimum atomic E-state index is -0.612. The molecule has 1 aromatic heterocycles. The highest BCUT2D eigenvalue weighted by Crippen LogP contribution is 2.26. The first-order valence-corrected chi connectivity index (χ1v) is 9.19. The fraction of sp³-hybridized carbons (Fsp3) is 0.750. The molecule has 0 aliphatic carbocycles. The second kappa shape index (κ2) is 11.6. The number of amides is 1. The lowest BCUT2D eigenvalue weighted by Crippen LogP contribution is -2.59. The zero-order valence-corrected chi connectivity index (χ0v) is 18.5. The molecular formula is C16H29Cl3N4O2S. The molecule has 0 atom stereocenters. The van der Waals surface area contributed by atoms with E-state index in [2.05, 4.69) is 20.6 Å². The van der Waals surface area contributed by atoms with Gasteiger partial charge in [-0.15, -0.1) is 48.6 Å². The molecule has 0 spiro atoms. The van der Waals surface area contributed by atoms with Gasteiger partial charge in [0, 0.05) is 45.2 Å². The third-order valence-corrected chi connectivity index (χ3v) is 5.73. The van der Waals surface area contributed by atoms with Gasteiger partial charge in [-0.3, -0.25) is 9.69 Å². The number of hydrogen-bond donors (Lipinski definition) is 1. The Morgan fingerprint density at radius 2 is 1.85 bits per heavy atom. The monoisotopic (exact) mass is 446 g/mol. The average Bonchev–Trinajstić information content (AvgIpc) is 3.00. The summed E-state index contributed by atoms with van der Waals surface area (Å²) in [7, 11) is 1.67. The maximum atomic E-state index is 12.9. The van der Waals surface area contributed by atoms with E-state index in [9.17, 15) is 4.79 Å². The van der Waals surface area contributed by atoms with Crippen molar-refractivity contribution in [3.8, 4) is 0 Å². The molecule has 2 saturated heterocycles. The Morgan fingerprint density at radius 1 is 1.23 bits per heavy atom. The van der Waals surface area contributed by atoms with Crippen molar-refractivity contribution in [2.45, 2.75) is 31.9 Å². The Morgan fingerprint density at radius 3 is 2.35 bits per heavy atom. The number of aryl methyl sites for hydroxylation is 1. The lowest BCUT2D eigenvalue weighted by atomic mass is 9.90. The number of aromatic nitrogens is 1. The number of nitrogens with zero attached hydrogens (tertiary/aromatic N) is 3. The molecule has 3 heterocycles. The van der Waals surface area contributed by atoms with Crippen molar-refractivity contribution < 1.29 is 9.53 Å². The Balaban J connectivity index is 0.00000208. The molecule has 0 saturated carbocycles. The van der Waals surface area contributed by atoms with Gasteiger partial charge in [-0.25, -0.2) is 4.98 Å². The van der Waals surface area contributed by atoms with Crippen LogP contribution in [-0.4, -0.2) is 72.7 Å². The molecule has 1 amide bonds. The molecular weight excluding hydrogens is 419 g/mol. The number of carbonyl (C=O) groups is 1. The summed E-state index contributed by atoms with van der Waals surface area (Å²) in [5.74, 6) is 0.172. The summed E-state index contributed by atoms with van der Waals surface area (Å²) < 4.78 is 5.67. The van der Waals surface area contributed by atoms with E-state index in [0.29, 0.717) is 0 Å². The highest BCUT2D eigenvalue weighted by molar-refractivity contribution is 7.09. The Labute approximate surface area is 178 Å². The highest BCUT2D eigenvalue weighted by Gasteiger charge is 2.42. The first-order chi connectivity index (χ1) is 11.1. The second-order valence-corrected chi connectivity index (χ2v) is 7.44. The number of hydrogen-bond acceptors (Lipinski definition) is 6. The van der Waals surface area contributed by atoms with E-state index >= 15 is 0 Å². The first kappa shape index (κ1) is 25.9. The van der Waals surface area contributed by atoms with Crippen molar-refractivity contribution >= 4 is 54.5 Å². The van der Waals surface area contributed by atoms with Crippen molar-refractivity contribution in [1.82, 2.24) is 20.1 Å². The second-order valence-electron chi connectivity index (χ2n) is 6.37. The van der Waals surface area contributed by atoms with E-state index in [0.717, 1.165) is 69.4 Å². The third-order valence-electron chi connectivity index (χ3n) is 4.90. The van der Waals surface area contributed by atoms with Gasteiger partial charge in [0.25, 0.3) is 5.91 Å². The Hall–Kier alpha value is -0.150. The molecule has 2 aliphatic rings. The number of halogens is 3. The van der Waals surface area contributed by atoms with Crippen LogP contribution in [0.5, 0.6) is 0 Å². The van der Waals surface area contributed by atoms with E-state index < -0.39 is 5.60 Å². The van der Waals surface area contributed by atoms with E-state index in [1.165, 1.54) is 0 Å². The quantitative estimate of drug-likeness (QED) is 0.766. The predicted octanol–water partition coefficient (Wildman–Crippen LogP) is 2.13. The van der Waals surface area contributed by atoms with Crippen LogP contribution in [0.15, 0.2) is 5.38 Å². The molecule has 26 heavy (non-hydrogen) atoms. The van der Waals surface area contributed by atoms with Gasteiger partial charge in [-0.2, -0.15) is 0 Å². The number of ether oxygens (including phenoxy) is 1. The van der Waals surface area contributed by atoms with Gasteiger partial charge < -0.3 is 15.0 Å². The van der Waals surface area contributed by atoms with Gasteiger partial charge >= 0.3 is 0 Å². The van der Waals surface area contributed by atoms with Gasteiger partial charge in [0.15, 0.2) is 0 Å². The van der Waals surface area contributed by atoms with Crippen molar-refractivity contribution in [2.75, 3.05) is 46.4 Å². The van der Waals surface area contributed by atoms with Crippen LogP contribution in [0.25, 0.3) is 0 Å². The summed E-state index contributed by atoms with van der Waals surface area (Å²) in [6.45, 7) is 7.98. The SMILES string of the molecule is COC1(C(=O)N2CCN(Cc3csc(C)n3)CC2)CCNCC1.Cl.Cl.Cl. The van der Waals surface area contributed by atoms with Gasteiger partial charge in [-0.1, -0.05) is 0 Å². The summed E-state index contributed by atoms with van der Waals surface area (Å²) >= 11 is 1.69. The topological polar surface area (TPSA) is 57.7 Å². The number of piperidine rings is 1. The number of methoxy groups -OCH3 is 1. The van der Waals surface area contributed by atoms with Gasteiger partial charge in [0.1, 0.15) is 5.60 Å². The van der Waals surface area contributed by atoms with Crippen LogP contribution in [0.1, 0.15) is 23.5 Å². The number of piperazine rings is 1. The fourth-order valence-corrected chi connectivity index (χ4v) is 4.05. The van der Waals surface area contributed by atoms with Crippen molar-refractivity contribution in [3.05, 3.63) is 16.1 Å². The summed E-state index contributed by atoms with van der Waals surface area (Å²) in [4.78, 5) is 21.8. The van der Waals surface area contributed by atoms with Crippen LogP contribution in [0.4, 0.5) is 0 Å². The van der Waals surface area contributed by atoms with Gasteiger partial charge in [0.2, 0.25) is 0 Å². The smallest absolute Gasteiger partial charge is 0.254 e. The minimum absolute atomic E-state index is 0. The lowest BCUT2D eigenvalue weighted by Gasteiger charge is -2.42. The molecule has 2 aliphatic heterocycles. The van der Waals surface area contributed by atoms with Crippen molar-refractivity contribution in [3.63, 3.8) is 0 Å². The van der Waals surface area contributed by atoms with Crippen molar-refractivity contribution in [2.24, 2.45) is 0 Å². The maximum Gasteiger partial charge on any atom is 0.254 e. The number of nitrogens with one attached hydrogen (secondary N) is 1. The molecule has 0 bridgehead atoms. The maximum absolute atomic E-state index is 12.9. The zero-order valence-electron chi connectivity index (χ0n) is 15.2. The molecule has 0 unspecified atom stereocenters. The molecule has 3 rings (SSSR count). The Bertz CT molecular complexity index is 547. The standard InChI is InChI=1S/C16H26N4O2S.3ClH/c1-13-18-14(12-23-13)11-19-7-9-20(10-8-19)15(21)16(22-2)3-5-17-6-4-16;;;/h12,17H,3-11H2,1-2H3;3*1H. The average molecular weight is 448 g/mol. The summed E-state index contributed by atoms with van der Waals surface area (Å²) in [5.41, 5.74) is 0.526. The minimum Gasteiger partial charge on any atom is -0.368 e. The Kier molecular flexibility index (Phi) is 11.6.